The van der Waals surface area contributed by atoms with Gasteiger partial charge >= 0.3 is 0 Å². The maximum absolute atomic E-state index is 11.0. The van der Waals surface area contributed by atoms with Crippen LogP contribution >= 0.6 is 0 Å². The highest BCUT2D eigenvalue weighted by atomic mass is 16.5. The minimum absolute atomic E-state index is 0.0476. The molecule has 146 valence electrons. The van der Waals surface area contributed by atoms with Gasteiger partial charge in [0, 0.05) is 24.8 Å². The van der Waals surface area contributed by atoms with Crippen LogP contribution in [0.3, 0.4) is 0 Å². The van der Waals surface area contributed by atoms with Crippen molar-refractivity contribution >= 4 is 11.6 Å². The Bertz CT molecular complexity index is 963. The van der Waals surface area contributed by atoms with Gasteiger partial charge in [0.15, 0.2) is 11.5 Å². The number of carbonyl (C=O) groups is 1. The Labute approximate surface area is 163 Å². The van der Waals surface area contributed by atoms with Gasteiger partial charge in [-0.1, -0.05) is 0 Å². The highest BCUT2D eigenvalue weighted by Gasteiger charge is 2.22. The molecule has 1 unspecified atom stereocenters. The van der Waals surface area contributed by atoms with E-state index in [1.165, 1.54) is 19.8 Å². The minimum Gasteiger partial charge on any atom is -0.493 e. The normalized spacial score (nSPS) is 14.6. The third kappa shape index (κ3) is 4.60. The first-order chi connectivity index (χ1) is 13.6. The largest absolute Gasteiger partial charge is 0.493 e. The van der Waals surface area contributed by atoms with Gasteiger partial charge in [0.05, 0.1) is 12.6 Å². The number of amides is 1. The van der Waals surface area contributed by atoms with Gasteiger partial charge in [-0.3, -0.25) is 4.79 Å². The van der Waals surface area contributed by atoms with Gasteiger partial charge < -0.3 is 14.8 Å². The van der Waals surface area contributed by atoms with Gasteiger partial charge in [0.25, 0.3) is 0 Å². The number of nitrogens with zero attached hydrogens (tertiary/aromatic N) is 3. The van der Waals surface area contributed by atoms with Crippen molar-refractivity contribution in [2.24, 2.45) is 5.92 Å². The first-order valence-corrected chi connectivity index (χ1v) is 9.56. The molecule has 1 amide bonds. The van der Waals surface area contributed by atoms with Gasteiger partial charge in [0.2, 0.25) is 5.91 Å². The lowest BCUT2D eigenvalue weighted by Gasteiger charge is -2.13. The number of carbonyl (C=O) groups excluding carboxylic acids is 1. The van der Waals surface area contributed by atoms with Crippen molar-refractivity contribution in [3.63, 3.8) is 0 Å². The topological polar surface area (TPSA) is 77.8 Å². The molecule has 2 heterocycles. The molecule has 7 nitrogen and oxygen atoms in total. The first kappa shape index (κ1) is 18.3. The second kappa shape index (κ2) is 7.88. The zero-order valence-electron chi connectivity index (χ0n) is 16.1. The summed E-state index contributed by atoms with van der Waals surface area (Å²) in [5.74, 6) is 2.87. The Morgan fingerprint density at radius 3 is 2.71 bits per heavy atom. The summed E-state index contributed by atoms with van der Waals surface area (Å²) in [5, 5.41) is 7.32. The zero-order chi connectivity index (χ0) is 19.5. The van der Waals surface area contributed by atoms with Gasteiger partial charge in [-0.15, -0.1) is 5.10 Å². The summed E-state index contributed by atoms with van der Waals surface area (Å²) in [6.07, 6.45) is 4.40. The molecule has 0 radical (unpaired) electrons. The molecule has 1 aromatic carbocycles. The quantitative estimate of drug-likeness (QED) is 0.650. The van der Waals surface area contributed by atoms with Crippen LogP contribution in [0, 0.1) is 5.92 Å². The van der Waals surface area contributed by atoms with E-state index in [1.807, 2.05) is 49.5 Å². The minimum atomic E-state index is -0.0644. The fourth-order valence-electron chi connectivity index (χ4n) is 2.88. The summed E-state index contributed by atoms with van der Waals surface area (Å²) in [6, 6.07) is 11.4. The van der Waals surface area contributed by atoms with Gasteiger partial charge in [0.1, 0.15) is 18.1 Å². The van der Waals surface area contributed by atoms with E-state index in [0.717, 1.165) is 29.3 Å². The molecule has 0 aliphatic heterocycles. The predicted octanol–water partition coefficient (Wildman–Crippen LogP) is 3.09. The second-order valence-electron chi connectivity index (χ2n) is 7.29. The average Bonchev–Trinajstić information content (AvgIpc) is 3.41. The van der Waals surface area contributed by atoms with Gasteiger partial charge in [-0.25, -0.2) is 9.50 Å². The molecule has 4 rings (SSSR count). The monoisotopic (exact) mass is 380 g/mol. The Hall–Kier alpha value is -3.09. The molecule has 7 heteroatoms. The fraction of sp³-hybridized carbons (Fsp3) is 0.381. The van der Waals surface area contributed by atoms with Crippen LogP contribution in [0.2, 0.25) is 0 Å². The number of rotatable bonds is 8. The molecule has 1 fully saturated rings. The second-order valence-corrected chi connectivity index (χ2v) is 7.29. The van der Waals surface area contributed by atoms with Crippen molar-refractivity contribution in [1.29, 1.82) is 0 Å². The Morgan fingerprint density at radius 2 is 2.00 bits per heavy atom. The number of hydrogen-bond acceptors (Lipinski definition) is 5. The first-order valence-electron chi connectivity index (χ1n) is 9.56. The van der Waals surface area contributed by atoms with Crippen molar-refractivity contribution in [3.05, 3.63) is 42.6 Å². The summed E-state index contributed by atoms with van der Waals surface area (Å²) in [7, 11) is 0. The molecule has 1 atom stereocenters. The zero-order valence-corrected chi connectivity index (χ0v) is 16.1. The van der Waals surface area contributed by atoms with E-state index in [4.69, 9.17) is 9.47 Å². The number of hydrogen-bond donors (Lipinski definition) is 1. The van der Waals surface area contributed by atoms with Gasteiger partial charge in [-0.05, 0) is 56.0 Å². The summed E-state index contributed by atoms with van der Waals surface area (Å²) >= 11 is 0. The fourth-order valence-corrected chi connectivity index (χ4v) is 2.88. The van der Waals surface area contributed by atoms with Crippen molar-refractivity contribution in [2.75, 3.05) is 13.2 Å². The number of ether oxygens (including phenoxy) is 2. The molecule has 1 aliphatic carbocycles. The molecule has 0 spiro atoms. The van der Waals surface area contributed by atoms with Crippen molar-refractivity contribution in [3.8, 4) is 22.9 Å². The smallest absolute Gasteiger partial charge is 0.217 e. The van der Waals surface area contributed by atoms with Crippen LogP contribution in [0.25, 0.3) is 17.0 Å². The van der Waals surface area contributed by atoms with Crippen LogP contribution in [-0.2, 0) is 4.79 Å². The maximum atomic E-state index is 11.0. The summed E-state index contributed by atoms with van der Waals surface area (Å²) in [4.78, 5) is 15.6. The number of aromatic nitrogens is 3. The van der Waals surface area contributed by atoms with E-state index in [1.54, 1.807) is 4.52 Å². The third-order valence-corrected chi connectivity index (χ3v) is 4.55. The number of benzene rings is 1. The predicted molar refractivity (Wildman–Crippen MR) is 105 cm³/mol. The van der Waals surface area contributed by atoms with Crippen LogP contribution < -0.4 is 14.8 Å². The Kier molecular flexibility index (Phi) is 5.14. The molecule has 0 saturated heterocycles. The van der Waals surface area contributed by atoms with Crippen LogP contribution in [0.15, 0.2) is 42.6 Å². The lowest BCUT2D eigenvalue weighted by atomic mass is 10.2. The standard InChI is InChI=1S/C21H24N4O3/c1-14(22-15(2)26)12-27-18-7-5-17(6-8-18)21-23-20-11-19(9-10-25(20)24-21)28-13-16-3-4-16/h5-11,14,16H,3-4,12-13H2,1-2H3,(H,22,26). The molecule has 1 aliphatic rings. The van der Waals surface area contributed by atoms with Crippen LogP contribution in [-0.4, -0.2) is 39.8 Å². The lowest BCUT2D eigenvalue weighted by molar-refractivity contribution is -0.119. The number of fused-ring (bicyclic) bond motifs is 1. The van der Waals surface area contributed by atoms with Crippen LogP contribution in [0.1, 0.15) is 26.7 Å². The molecule has 2 aromatic heterocycles. The van der Waals surface area contributed by atoms with Gasteiger partial charge in [-0.2, -0.15) is 0 Å². The van der Waals surface area contributed by atoms with Crippen LogP contribution in [0.5, 0.6) is 11.5 Å². The van der Waals surface area contributed by atoms with E-state index in [0.29, 0.717) is 18.3 Å². The van der Waals surface area contributed by atoms with Crippen LogP contribution in [0.4, 0.5) is 0 Å². The third-order valence-electron chi connectivity index (χ3n) is 4.55. The van der Waals surface area contributed by atoms with E-state index in [-0.39, 0.29) is 11.9 Å². The summed E-state index contributed by atoms with van der Waals surface area (Å²) in [6.45, 7) is 4.59. The lowest BCUT2D eigenvalue weighted by Crippen LogP contribution is -2.35. The Morgan fingerprint density at radius 1 is 1.21 bits per heavy atom. The van der Waals surface area contributed by atoms with E-state index in [9.17, 15) is 4.79 Å². The molecular weight excluding hydrogens is 356 g/mol. The summed E-state index contributed by atoms with van der Waals surface area (Å²) in [5.41, 5.74) is 1.67. The van der Waals surface area contributed by atoms with E-state index in [2.05, 4.69) is 15.4 Å². The molecule has 1 N–H and O–H groups in total. The maximum Gasteiger partial charge on any atom is 0.217 e. The highest BCUT2D eigenvalue weighted by Crippen LogP contribution is 2.29. The van der Waals surface area contributed by atoms with E-state index < -0.39 is 0 Å². The highest BCUT2D eigenvalue weighted by molar-refractivity contribution is 5.73. The molecule has 0 bridgehead atoms. The number of pyridine rings is 1. The molecule has 1 saturated carbocycles. The molecule has 28 heavy (non-hydrogen) atoms. The SMILES string of the molecule is CC(=O)NC(C)COc1ccc(-c2nc3cc(OCC4CC4)ccn3n2)cc1. The average molecular weight is 380 g/mol. The molecular formula is C21H24N4O3. The van der Waals surface area contributed by atoms with Crippen molar-refractivity contribution in [2.45, 2.75) is 32.7 Å². The van der Waals surface area contributed by atoms with Crippen molar-refractivity contribution < 1.29 is 14.3 Å². The molecule has 3 aromatic rings. The van der Waals surface area contributed by atoms with E-state index >= 15 is 0 Å². The number of nitrogens with one attached hydrogen (secondary N) is 1. The van der Waals surface area contributed by atoms with Crippen molar-refractivity contribution in [1.82, 2.24) is 19.9 Å². The Balaban J connectivity index is 1.41. The summed E-state index contributed by atoms with van der Waals surface area (Å²) < 4.78 is 13.3.